The Labute approximate surface area is 87.5 Å². The number of hydrogen-bond donors (Lipinski definition) is 2. The van der Waals surface area contributed by atoms with Crippen molar-refractivity contribution in [1.29, 1.82) is 0 Å². The van der Waals surface area contributed by atoms with Crippen LogP contribution in [0.5, 0.6) is 5.75 Å². The highest BCUT2D eigenvalue weighted by Gasteiger charge is 2.08. The summed E-state index contributed by atoms with van der Waals surface area (Å²) in [5, 5.41) is 9.66. The van der Waals surface area contributed by atoms with E-state index in [1.54, 1.807) is 6.07 Å². The summed E-state index contributed by atoms with van der Waals surface area (Å²) < 4.78 is 13.0. The van der Waals surface area contributed by atoms with Gasteiger partial charge < -0.3 is 10.8 Å². The number of hydrogen-bond acceptors (Lipinski definition) is 2. The highest BCUT2D eigenvalue weighted by molar-refractivity contribution is 6.30. The average molecular weight is 218 g/mol. The Morgan fingerprint density at radius 1 is 1.36 bits per heavy atom. The van der Waals surface area contributed by atoms with Crippen LogP contribution >= 0.6 is 11.6 Å². The van der Waals surface area contributed by atoms with Crippen molar-refractivity contribution >= 4 is 11.6 Å². The molecule has 14 heavy (non-hydrogen) atoms. The van der Waals surface area contributed by atoms with Crippen molar-refractivity contribution in [2.45, 2.75) is 19.3 Å². The molecule has 0 heterocycles. The minimum atomic E-state index is -0.666. The number of aryl methyl sites for hydroxylation is 1. The molecule has 0 spiro atoms. The molecule has 0 unspecified atom stereocenters. The van der Waals surface area contributed by atoms with Crippen LogP contribution in [-0.2, 0) is 6.42 Å². The molecule has 0 aliphatic heterocycles. The Balaban J connectivity index is 2.75. The van der Waals surface area contributed by atoms with E-state index in [1.807, 2.05) is 0 Å². The van der Waals surface area contributed by atoms with E-state index in [1.165, 1.54) is 0 Å². The average Bonchev–Trinajstić information content (AvgIpc) is 2.13. The molecular weight excluding hydrogens is 205 g/mol. The molecule has 1 aromatic rings. The zero-order valence-corrected chi connectivity index (χ0v) is 8.52. The van der Waals surface area contributed by atoms with E-state index in [-0.39, 0.29) is 5.75 Å². The van der Waals surface area contributed by atoms with Gasteiger partial charge in [0, 0.05) is 5.02 Å². The molecule has 3 N–H and O–H groups in total. The molecule has 2 nitrogen and oxygen atoms in total. The molecule has 4 heteroatoms. The predicted octanol–water partition coefficient (Wildman–Crippen LogP) is 2.47. The van der Waals surface area contributed by atoms with Gasteiger partial charge in [0.2, 0.25) is 0 Å². The maximum Gasteiger partial charge on any atom is 0.166 e. The van der Waals surface area contributed by atoms with Gasteiger partial charge >= 0.3 is 0 Å². The van der Waals surface area contributed by atoms with Crippen LogP contribution < -0.4 is 5.73 Å². The number of aromatic hydroxyl groups is 1. The highest BCUT2D eigenvalue weighted by Crippen LogP contribution is 2.26. The number of phenols is 1. The van der Waals surface area contributed by atoms with Gasteiger partial charge in [0.25, 0.3) is 0 Å². The lowest BCUT2D eigenvalue weighted by atomic mass is 10.1. The zero-order chi connectivity index (χ0) is 10.6. The van der Waals surface area contributed by atoms with Gasteiger partial charge in [-0.15, -0.1) is 0 Å². The van der Waals surface area contributed by atoms with E-state index in [0.717, 1.165) is 18.9 Å². The van der Waals surface area contributed by atoms with Crippen LogP contribution in [0.25, 0.3) is 0 Å². The number of benzene rings is 1. The number of unbranched alkanes of at least 4 members (excludes halogenated alkanes) is 1. The van der Waals surface area contributed by atoms with E-state index in [4.69, 9.17) is 17.3 Å². The molecule has 0 aliphatic rings. The minimum Gasteiger partial charge on any atom is -0.505 e. The fourth-order valence-electron chi connectivity index (χ4n) is 1.27. The first-order valence-electron chi connectivity index (χ1n) is 4.52. The second-order valence-corrected chi connectivity index (χ2v) is 3.58. The van der Waals surface area contributed by atoms with Crippen LogP contribution in [0.4, 0.5) is 4.39 Å². The van der Waals surface area contributed by atoms with Gasteiger partial charge in [0.05, 0.1) is 0 Å². The molecule has 0 bridgehead atoms. The smallest absolute Gasteiger partial charge is 0.166 e. The monoisotopic (exact) mass is 217 g/mol. The normalized spacial score (nSPS) is 10.5. The minimum absolute atomic E-state index is 0.300. The summed E-state index contributed by atoms with van der Waals surface area (Å²) in [7, 11) is 0. The topological polar surface area (TPSA) is 46.2 Å². The lowest BCUT2D eigenvalue weighted by molar-refractivity contribution is 0.425. The molecule has 0 fully saturated rings. The summed E-state index contributed by atoms with van der Waals surface area (Å²) in [5.41, 5.74) is 5.87. The van der Waals surface area contributed by atoms with Crippen LogP contribution in [0.2, 0.25) is 5.02 Å². The number of rotatable bonds is 4. The first kappa shape index (κ1) is 11.3. The maximum atomic E-state index is 13.0. The van der Waals surface area contributed by atoms with Crippen molar-refractivity contribution < 1.29 is 9.50 Å². The molecule has 1 aromatic carbocycles. The Hall–Kier alpha value is -0.800. The fraction of sp³-hybridized carbons (Fsp3) is 0.400. The molecule has 78 valence electrons. The predicted molar refractivity (Wildman–Crippen MR) is 55.1 cm³/mol. The summed E-state index contributed by atoms with van der Waals surface area (Å²) in [5.74, 6) is -0.966. The molecular formula is C10H13ClFNO. The second-order valence-electron chi connectivity index (χ2n) is 3.14. The Kier molecular flexibility index (Phi) is 4.17. The third-order valence-electron chi connectivity index (χ3n) is 2.01. The summed E-state index contributed by atoms with van der Waals surface area (Å²) in [4.78, 5) is 0. The molecule has 0 amide bonds. The summed E-state index contributed by atoms with van der Waals surface area (Å²) in [6.45, 7) is 0.601. The molecule has 0 saturated heterocycles. The van der Waals surface area contributed by atoms with E-state index < -0.39 is 5.82 Å². The van der Waals surface area contributed by atoms with Gasteiger partial charge in [-0.1, -0.05) is 11.6 Å². The van der Waals surface area contributed by atoms with Crippen LogP contribution in [0.1, 0.15) is 18.4 Å². The van der Waals surface area contributed by atoms with Crippen LogP contribution in [0.15, 0.2) is 12.1 Å². The SMILES string of the molecule is NCCCCc1cc(Cl)cc(F)c1O. The number of halogens is 2. The molecule has 0 aliphatic carbocycles. The molecule has 0 radical (unpaired) electrons. The van der Waals surface area contributed by atoms with E-state index in [0.29, 0.717) is 23.6 Å². The van der Waals surface area contributed by atoms with Gasteiger partial charge in [-0.25, -0.2) is 4.39 Å². The Bertz CT molecular complexity index is 317. The maximum absolute atomic E-state index is 13.0. The summed E-state index contributed by atoms with van der Waals surface area (Å²) in [6.07, 6.45) is 2.28. The van der Waals surface area contributed by atoms with Crippen molar-refractivity contribution in [3.8, 4) is 5.75 Å². The largest absolute Gasteiger partial charge is 0.505 e. The molecule has 0 atom stereocenters. The summed E-state index contributed by atoms with van der Waals surface area (Å²) in [6, 6.07) is 2.68. The Morgan fingerprint density at radius 2 is 2.07 bits per heavy atom. The molecule has 1 rings (SSSR count). The summed E-state index contributed by atoms with van der Waals surface area (Å²) >= 11 is 5.66. The van der Waals surface area contributed by atoms with Gasteiger partial charge in [-0.05, 0) is 43.5 Å². The number of nitrogens with two attached hydrogens (primary N) is 1. The van der Waals surface area contributed by atoms with Crippen molar-refractivity contribution in [2.75, 3.05) is 6.54 Å². The first-order chi connectivity index (χ1) is 6.65. The molecule has 0 saturated carbocycles. The van der Waals surface area contributed by atoms with Crippen molar-refractivity contribution in [1.82, 2.24) is 0 Å². The molecule has 0 aromatic heterocycles. The fourth-order valence-corrected chi connectivity index (χ4v) is 1.50. The lowest BCUT2D eigenvalue weighted by Gasteiger charge is -2.05. The third-order valence-corrected chi connectivity index (χ3v) is 2.23. The van der Waals surface area contributed by atoms with Crippen LogP contribution in [0, 0.1) is 5.82 Å². The van der Waals surface area contributed by atoms with Crippen LogP contribution in [0.3, 0.4) is 0 Å². The van der Waals surface area contributed by atoms with Crippen molar-refractivity contribution in [2.24, 2.45) is 5.73 Å². The first-order valence-corrected chi connectivity index (χ1v) is 4.90. The van der Waals surface area contributed by atoms with Crippen molar-refractivity contribution in [3.63, 3.8) is 0 Å². The van der Waals surface area contributed by atoms with E-state index >= 15 is 0 Å². The number of phenolic OH excluding ortho intramolecular Hbond substituents is 1. The zero-order valence-electron chi connectivity index (χ0n) is 7.76. The Morgan fingerprint density at radius 3 is 2.71 bits per heavy atom. The third kappa shape index (κ3) is 2.86. The van der Waals surface area contributed by atoms with Gasteiger partial charge in [-0.2, -0.15) is 0 Å². The van der Waals surface area contributed by atoms with Gasteiger partial charge in [0.15, 0.2) is 11.6 Å². The van der Waals surface area contributed by atoms with E-state index in [9.17, 15) is 9.50 Å². The second kappa shape index (κ2) is 5.17. The van der Waals surface area contributed by atoms with Gasteiger partial charge in [0.1, 0.15) is 0 Å². The lowest BCUT2D eigenvalue weighted by Crippen LogP contribution is -1.99. The van der Waals surface area contributed by atoms with Gasteiger partial charge in [-0.3, -0.25) is 0 Å². The van der Waals surface area contributed by atoms with E-state index in [2.05, 4.69) is 0 Å². The standard InChI is InChI=1S/C10H13ClFNO/c11-8-5-7(3-1-2-4-13)10(14)9(12)6-8/h5-6,14H,1-4,13H2. The highest BCUT2D eigenvalue weighted by atomic mass is 35.5. The van der Waals surface area contributed by atoms with Crippen LogP contribution in [-0.4, -0.2) is 11.7 Å². The van der Waals surface area contributed by atoms with Crippen molar-refractivity contribution in [3.05, 3.63) is 28.5 Å². The quantitative estimate of drug-likeness (QED) is 0.762.